The van der Waals surface area contributed by atoms with Crippen LogP contribution in [0, 0.1) is 13.8 Å². The van der Waals surface area contributed by atoms with Crippen LogP contribution in [0.15, 0.2) is 72.9 Å². The van der Waals surface area contributed by atoms with E-state index in [0.717, 1.165) is 28.3 Å². The monoisotopic (exact) mass is 450 g/mol. The van der Waals surface area contributed by atoms with Crippen molar-refractivity contribution in [2.45, 2.75) is 39.5 Å². The van der Waals surface area contributed by atoms with Crippen molar-refractivity contribution in [2.75, 3.05) is 0 Å². The fraction of sp³-hybridized carbons (Fsp3) is 0.222. The second-order valence-corrected chi connectivity index (χ2v) is 8.79. The average molecular weight is 451 g/mol. The number of imidazole rings is 1. The highest BCUT2D eigenvalue weighted by molar-refractivity contribution is 5.71. The predicted octanol–water partition coefficient (Wildman–Crippen LogP) is 7.07. The molecule has 33 heavy (non-hydrogen) atoms. The van der Waals surface area contributed by atoms with Gasteiger partial charge in [0, 0.05) is 17.4 Å². The number of aromatic nitrogens is 2. The molecule has 6 heteroatoms. The molecule has 0 fully saturated rings. The maximum Gasteiger partial charge on any atom is 0.417 e. The van der Waals surface area contributed by atoms with Crippen molar-refractivity contribution in [3.63, 3.8) is 0 Å². The van der Waals surface area contributed by atoms with Crippen LogP contribution < -0.4 is 0 Å². The van der Waals surface area contributed by atoms with Gasteiger partial charge in [-0.15, -0.1) is 0 Å². The van der Waals surface area contributed by atoms with Gasteiger partial charge in [-0.1, -0.05) is 54.1 Å². The van der Waals surface area contributed by atoms with E-state index in [1.807, 2.05) is 50.2 Å². The molecule has 0 amide bonds. The molecule has 3 aromatic carbocycles. The van der Waals surface area contributed by atoms with Gasteiger partial charge in [0.05, 0.1) is 11.3 Å². The van der Waals surface area contributed by atoms with E-state index < -0.39 is 17.3 Å². The molecule has 4 aromatic rings. The quantitative estimate of drug-likeness (QED) is 0.361. The highest BCUT2D eigenvalue weighted by Gasteiger charge is 2.35. The molecule has 4 rings (SSSR count). The number of hydrogen-bond donors (Lipinski definition) is 1. The number of rotatable bonds is 4. The Balaban J connectivity index is 1.95. The minimum Gasteiger partial charge on any atom is -0.384 e. The SMILES string of the molecule is Cc1ccc(C)c(-c2cccc(-n3cc(C(C)(C)O)nc3-c3ccccc3C(F)(F)F)c2)c1. The van der Waals surface area contributed by atoms with Crippen LogP contribution in [0.3, 0.4) is 0 Å². The summed E-state index contributed by atoms with van der Waals surface area (Å²) in [5.74, 6) is 0.123. The Kier molecular flexibility index (Phi) is 5.66. The first kappa shape index (κ1) is 22.8. The molecule has 0 saturated heterocycles. The lowest BCUT2D eigenvalue weighted by Gasteiger charge is -2.15. The fourth-order valence-electron chi connectivity index (χ4n) is 3.86. The van der Waals surface area contributed by atoms with Gasteiger partial charge in [-0.3, -0.25) is 4.57 Å². The van der Waals surface area contributed by atoms with E-state index in [9.17, 15) is 18.3 Å². The Morgan fingerprint density at radius 1 is 0.848 bits per heavy atom. The number of benzene rings is 3. The Bertz CT molecular complexity index is 1310. The van der Waals surface area contributed by atoms with Gasteiger partial charge in [0.1, 0.15) is 11.4 Å². The molecule has 3 nitrogen and oxygen atoms in total. The molecule has 1 aromatic heterocycles. The summed E-state index contributed by atoms with van der Waals surface area (Å²) in [6.45, 7) is 7.16. The van der Waals surface area contributed by atoms with Crippen LogP contribution >= 0.6 is 0 Å². The lowest BCUT2D eigenvalue weighted by molar-refractivity contribution is -0.137. The van der Waals surface area contributed by atoms with E-state index in [2.05, 4.69) is 11.1 Å². The first-order valence-corrected chi connectivity index (χ1v) is 10.6. The Morgan fingerprint density at radius 2 is 1.58 bits per heavy atom. The molecule has 1 heterocycles. The van der Waals surface area contributed by atoms with Crippen molar-refractivity contribution in [1.29, 1.82) is 0 Å². The third kappa shape index (κ3) is 4.57. The smallest absolute Gasteiger partial charge is 0.384 e. The largest absolute Gasteiger partial charge is 0.417 e. The first-order valence-electron chi connectivity index (χ1n) is 10.6. The molecule has 0 saturated carbocycles. The van der Waals surface area contributed by atoms with Gasteiger partial charge in [-0.2, -0.15) is 13.2 Å². The summed E-state index contributed by atoms with van der Waals surface area (Å²) >= 11 is 0. The maximum absolute atomic E-state index is 13.8. The molecule has 0 bridgehead atoms. The van der Waals surface area contributed by atoms with Crippen molar-refractivity contribution in [3.05, 3.63) is 95.3 Å². The Hall–Kier alpha value is -3.38. The summed E-state index contributed by atoms with van der Waals surface area (Å²) in [6.07, 6.45) is -2.94. The number of aryl methyl sites for hydroxylation is 2. The molecule has 1 N–H and O–H groups in total. The molecule has 0 spiro atoms. The van der Waals surface area contributed by atoms with Gasteiger partial charge in [-0.25, -0.2) is 4.98 Å². The van der Waals surface area contributed by atoms with Crippen LogP contribution in [0.4, 0.5) is 13.2 Å². The van der Waals surface area contributed by atoms with Crippen molar-refractivity contribution >= 4 is 0 Å². The first-order chi connectivity index (χ1) is 15.4. The van der Waals surface area contributed by atoms with E-state index in [0.29, 0.717) is 5.69 Å². The average Bonchev–Trinajstić information content (AvgIpc) is 3.21. The summed E-state index contributed by atoms with van der Waals surface area (Å²) in [6, 6.07) is 19.1. The topological polar surface area (TPSA) is 38.0 Å². The number of hydrogen-bond acceptors (Lipinski definition) is 2. The van der Waals surface area contributed by atoms with Gasteiger partial charge < -0.3 is 5.11 Å². The minimum absolute atomic E-state index is 0.0439. The van der Waals surface area contributed by atoms with Crippen molar-refractivity contribution in [1.82, 2.24) is 9.55 Å². The van der Waals surface area contributed by atoms with Gasteiger partial charge in [0.15, 0.2) is 0 Å². The van der Waals surface area contributed by atoms with Crippen molar-refractivity contribution < 1.29 is 18.3 Å². The van der Waals surface area contributed by atoms with E-state index in [1.165, 1.54) is 12.1 Å². The zero-order valence-corrected chi connectivity index (χ0v) is 18.9. The molecular formula is C27H25F3N2O. The highest BCUT2D eigenvalue weighted by Crippen LogP contribution is 2.38. The standard InChI is InChI=1S/C27H25F3N2O/c1-17-12-13-18(2)22(14-17)19-8-7-9-20(15-19)32-16-24(26(3,4)33)31-25(32)21-10-5-6-11-23(21)27(28,29)30/h5-16,33H,1-4H3. The van der Waals surface area contributed by atoms with Crippen molar-refractivity contribution in [3.8, 4) is 28.2 Å². The number of aliphatic hydroxyl groups is 1. The normalized spacial score (nSPS) is 12.2. The molecular weight excluding hydrogens is 425 g/mol. The summed E-state index contributed by atoms with van der Waals surface area (Å²) in [7, 11) is 0. The number of halogens is 3. The fourth-order valence-corrected chi connectivity index (χ4v) is 3.86. The van der Waals surface area contributed by atoms with Crippen LogP contribution in [0.25, 0.3) is 28.2 Å². The summed E-state index contributed by atoms with van der Waals surface area (Å²) in [5.41, 5.74) is 3.02. The third-order valence-corrected chi connectivity index (χ3v) is 5.63. The van der Waals surface area contributed by atoms with Crippen LogP contribution in [0.2, 0.25) is 0 Å². The predicted molar refractivity (Wildman–Crippen MR) is 124 cm³/mol. The lowest BCUT2D eigenvalue weighted by Crippen LogP contribution is -2.15. The van der Waals surface area contributed by atoms with Crippen molar-refractivity contribution in [2.24, 2.45) is 0 Å². The molecule has 0 aliphatic rings. The summed E-state index contributed by atoms with van der Waals surface area (Å²) < 4.78 is 43.0. The number of nitrogens with zero attached hydrogens (tertiary/aromatic N) is 2. The van der Waals surface area contributed by atoms with Gasteiger partial charge in [-0.05, 0) is 62.6 Å². The van der Waals surface area contributed by atoms with E-state index in [4.69, 9.17) is 0 Å². The summed E-state index contributed by atoms with van der Waals surface area (Å²) in [4.78, 5) is 4.45. The van der Waals surface area contributed by atoms with Crippen LogP contribution in [-0.2, 0) is 11.8 Å². The van der Waals surface area contributed by atoms with E-state index in [-0.39, 0.29) is 17.1 Å². The molecule has 0 aliphatic heterocycles. The number of alkyl halides is 3. The van der Waals surface area contributed by atoms with Gasteiger partial charge in [0.25, 0.3) is 0 Å². The van der Waals surface area contributed by atoms with Gasteiger partial charge in [0.2, 0.25) is 0 Å². The maximum atomic E-state index is 13.8. The second-order valence-electron chi connectivity index (χ2n) is 8.79. The third-order valence-electron chi connectivity index (χ3n) is 5.63. The highest BCUT2D eigenvalue weighted by atomic mass is 19.4. The van der Waals surface area contributed by atoms with Gasteiger partial charge >= 0.3 is 6.18 Å². The molecule has 170 valence electrons. The molecule has 0 unspecified atom stereocenters. The molecule has 0 atom stereocenters. The van der Waals surface area contributed by atoms with Crippen LogP contribution in [-0.4, -0.2) is 14.7 Å². The minimum atomic E-state index is -4.54. The Labute approximate surface area is 191 Å². The lowest BCUT2D eigenvalue weighted by atomic mass is 9.98. The van der Waals surface area contributed by atoms with Crippen LogP contribution in [0.1, 0.15) is 36.2 Å². The zero-order chi connectivity index (χ0) is 24.0. The second kappa shape index (κ2) is 8.19. The zero-order valence-electron chi connectivity index (χ0n) is 18.9. The molecule has 0 radical (unpaired) electrons. The Morgan fingerprint density at radius 3 is 2.27 bits per heavy atom. The summed E-state index contributed by atoms with van der Waals surface area (Å²) in [5, 5.41) is 10.6. The van der Waals surface area contributed by atoms with Crippen LogP contribution in [0.5, 0.6) is 0 Å². The van der Waals surface area contributed by atoms with E-state index >= 15 is 0 Å². The van der Waals surface area contributed by atoms with E-state index in [1.54, 1.807) is 30.7 Å². The molecule has 0 aliphatic carbocycles.